The third-order valence-corrected chi connectivity index (χ3v) is 4.30. The third-order valence-electron chi connectivity index (χ3n) is 4.30. The summed E-state index contributed by atoms with van der Waals surface area (Å²) in [6.45, 7) is 4.30. The van der Waals surface area contributed by atoms with Gasteiger partial charge >= 0.3 is 6.16 Å². The summed E-state index contributed by atoms with van der Waals surface area (Å²) in [4.78, 5) is 11.7. The van der Waals surface area contributed by atoms with Gasteiger partial charge in [-0.2, -0.15) is 0 Å². The molecule has 0 spiro atoms. The first kappa shape index (κ1) is 18.6. The van der Waals surface area contributed by atoms with Gasteiger partial charge in [0.25, 0.3) is 0 Å². The van der Waals surface area contributed by atoms with E-state index in [0.29, 0.717) is 12.4 Å². The fraction of sp³-hybridized carbons (Fsp3) is 0.227. The fourth-order valence-electron chi connectivity index (χ4n) is 3.06. The molecule has 0 aromatic heterocycles. The first-order valence-electron chi connectivity index (χ1n) is 8.76. The molecule has 1 heterocycles. The summed E-state index contributed by atoms with van der Waals surface area (Å²) in [7, 11) is 1.29. The second-order valence-corrected chi connectivity index (χ2v) is 6.31. The Morgan fingerprint density at radius 2 is 1.74 bits per heavy atom. The molecule has 1 unspecified atom stereocenters. The summed E-state index contributed by atoms with van der Waals surface area (Å²) in [6, 6.07) is 17.8. The molecule has 5 heteroatoms. The predicted octanol–water partition coefficient (Wildman–Crippen LogP) is 4.87. The Morgan fingerprint density at radius 1 is 1.04 bits per heavy atom. The van der Waals surface area contributed by atoms with E-state index in [-0.39, 0.29) is 5.92 Å². The van der Waals surface area contributed by atoms with Crippen molar-refractivity contribution in [3.05, 3.63) is 89.0 Å². The van der Waals surface area contributed by atoms with Crippen LogP contribution in [0.3, 0.4) is 0 Å². The van der Waals surface area contributed by atoms with Gasteiger partial charge in [0, 0.05) is 11.3 Å². The Morgan fingerprint density at radius 3 is 2.48 bits per heavy atom. The monoisotopic (exact) mass is 365 g/mol. The molecule has 27 heavy (non-hydrogen) atoms. The topological polar surface area (TPSA) is 56.8 Å². The largest absolute Gasteiger partial charge is 0.513 e. The molecule has 0 saturated heterocycles. The van der Waals surface area contributed by atoms with Crippen molar-refractivity contribution in [2.45, 2.75) is 26.4 Å². The lowest BCUT2D eigenvalue weighted by Crippen LogP contribution is -2.23. The van der Waals surface area contributed by atoms with Gasteiger partial charge < -0.3 is 19.5 Å². The highest BCUT2D eigenvalue weighted by Gasteiger charge is 2.28. The molecule has 1 atom stereocenters. The number of allylic oxidation sites excluding steroid dienone is 3. The highest BCUT2D eigenvalue weighted by Crippen LogP contribution is 2.37. The molecule has 1 N–H and O–H groups in total. The quantitative estimate of drug-likeness (QED) is 0.766. The van der Waals surface area contributed by atoms with Gasteiger partial charge in [-0.25, -0.2) is 4.79 Å². The van der Waals surface area contributed by atoms with Crippen molar-refractivity contribution in [2.24, 2.45) is 0 Å². The molecule has 0 saturated carbocycles. The summed E-state index contributed by atoms with van der Waals surface area (Å²) in [5, 5.41) is 3.20. The summed E-state index contributed by atoms with van der Waals surface area (Å²) in [5.74, 6) is 0.997. The number of benzene rings is 2. The zero-order chi connectivity index (χ0) is 19.2. The number of carbonyl (C=O) groups is 1. The second-order valence-electron chi connectivity index (χ2n) is 6.31. The van der Waals surface area contributed by atoms with E-state index in [1.807, 2.05) is 74.5 Å². The number of dihydropyridines is 1. The van der Waals surface area contributed by atoms with Crippen molar-refractivity contribution in [3.63, 3.8) is 0 Å². The van der Waals surface area contributed by atoms with Crippen LogP contribution in [0.25, 0.3) is 0 Å². The van der Waals surface area contributed by atoms with Crippen molar-refractivity contribution >= 4 is 6.16 Å². The summed E-state index contributed by atoms with van der Waals surface area (Å²) in [6.07, 6.45) is 1.27. The number of hydrogen-bond acceptors (Lipinski definition) is 5. The lowest BCUT2D eigenvalue weighted by molar-refractivity contribution is 0.0923. The van der Waals surface area contributed by atoms with Crippen molar-refractivity contribution in [2.75, 3.05) is 7.11 Å². The van der Waals surface area contributed by atoms with E-state index in [0.717, 1.165) is 28.3 Å². The minimum Gasteiger partial charge on any atom is -0.489 e. The molecule has 5 nitrogen and oxygen atoms in total. The number of ether oxygens (including phenoxy) is 3. The number of methoxy groups -OCH3 is 1. The van der Waals surface area contributed by atoms with Crippen LogP contribution in [0.2, 0.25) is 0 Å². The number of para-hydroxylation sites is 1. The highest BCUT2D eigenvalue weighted by atomic mass is 16.7. The Bertz CT molecular complexity index is 871. The van der Waals surface area contributed by atoms with Gasteiger partial charge in [-0.3, -0.25) is 0 Å². The van der Waals surface area contributed by atoms with Crippen molar-refractivity contribution in [1.82, 2.24) is 5.32 Å². The molecule has 0 bridgehead atoms. The Labute approximate surface area is 159 Å². The van der Waals surface area contributed by atoms with E-state index < -0.39 is 6.16 Å². The van der Waals surface area contributed by atoms with Gasteiger partial charge in [0.15, 0.2) is 0 Å². The third kappa shape index (κ3) is 4.50. The van der Waals surface area contributed by atoms with E-state index in [1.165, 1.54) is 7.11 Å². The van der Waals surface area contributed by atoms with E-state index in [1.54, 1.807) is 0 Å². The molecule has 0 aliphatic carbocycles. The zero-order valence-corrected chi connectivity index (χ0v) is 15.7. The van der Waals surface area contributed by atoms with E-state index >= 15 is 0 Å². The average Bonchev–Trinajstić information content (AvgIpc) is 2.69. The fourth-order valence-corrected chi connectivity index (χ4v) is 3.06. The molecule has 0 fully saturated rings. The molecule has 2 aromatic carbocycles. The zero-order valence-electron chi connectivity index (χ0n) is 15.7. The van der Waals surface area contributed by atoms with E-state index in [9.17, 15) is 4.79 Å². The molecule has 0 radical (unpaired) electrons. The molecule has 1 aliphatic heterocycles. The van der Waals surface area contributed by atoms with Crippen molar-refractivity contribution < 1.29 is 19.0 Å². The normalized spacial score (nSPS) is 16.3. The van der Waals surface area contributed by atoms with Crippen LogP contribution in [0, 0.1) is 0 Å². The molecule has 2 aromatic rings. The summed E-state index contributed by atoms with van der Waals surface area (Å²) in [5.41, 5.74) is 3.76. The first-order chi connectivity index (χ1) is 13.1. The van der Waals surface area contributed by atoms with Gasteiger partial charge in [-0.05, 0) is 25.5 Å². The minimum absolute atomic E-state index is 0.252. The minimum atomic E-state index is -0.744. The number of hydrogen-bond donors (Lipinski definition) is 1. The van der Waals surface area contributed by atoms with Crippen LogP contribution in [0.1, 0.15) is 30.9 Å². The van der Waals surface area contributed by atoms with Gasteiger partial charge in [0.2, 0.25) is 0 Å². The van der Waals surface area contributed by atoms with Crippen molar-refractivity contribution in [3.8, 4) is 5.75 Å². The lowest BCUT2D eigenvalue weighted by Gasteiger charge is -2.27. The maximum atomic E-state index is 11.7. The maximum Gasteiger partial charge on any atom is 0.513 e. The molecular formula is C22H23NO4. The lowest BCUT2D eigenvalue weighted by atomic mass is 9.92. The van der Waals surface area contributed by atoms with Gasteiger partial charge in [0.1, 0.15) is 18.1 Å². The predicted molar refractivity (Wildman–Crippen MR) is 103 cm³/mol. The van der Waals surface area contributed by atoms with Crippen LogP contribution in [0.4, 0.5) is 4.79 Å². The Balaban J connectivity index is 1.91. The number of rotatable bonds is 5. The molecular weight excluding hydrogens is 342 g/mol. The van der Waals surface area contributed by atoms with E-state index in [4.69, 9.17) is 9.47 Å². The van der Waals surface area contributed by atoms with E-state index in [2.05, 4.69) is 10.1 Å². The maximum absolute atomic E-state index is 11.7. The molecule has 0 amide bonds. The standard InChI is InChI=1S/C22H23NO4/c1-15-13-19(21(16(2)23-15)27-22(24)25-3)18-11-7-8-12-20(18)26-14-17-9-5-4-6-10-17/h4-13,19,23H,14H2,1-3H3. The number of carbonyl (C=O) groups excluding carboxylic acids is 1. The molecule has 1 aliphatic rings. The van der Waals surface area contributed by atoms with Crippen molar-refractivity contribution in [1.29, 1.82) is 0 Å². The van der Waals surface area contributed by atoms with Gasteiger partial charge in [-0.1, -0.05) is 54.6 Å². The highest BCUT2D eigenvalue weighted by molar-refractivity contribution is 5.62. The van der Waals surface area contributed by atoms with Crippen LogP contribution in [-0.4, -0.2) is 13.3 Å². The summed E-state index contributed by atoms with van der Waals surface area (Å²) >= 11 is 0. The van der Waals surface area contributed by atoms with Crippen LogP contribution in [0.15, 0.2) is 77.8 Å². The Kier molecular flexibility index (Phi) is 5.81. The smallest absolute Gasteiger partial charge is 0.489 e. The second kappa shape index (κ2) is 8.45. The first-order valence-corrected chi connectivity index (χ1v) is 8.76. The molecule has 140 valence electrons. The van der Waals surface area contributed by atoms with Crippen LogP contribution < -0.4 is 10.1 Å². The van der Waals surface area contributed by atoms with Gasteiger partial charge in [0.05, 0.1) is 18.7 Å². The molecule has 3 rings (SSSR count). The summed E-state index contributed by atoms with van der Waals surface area (Å²) < 4.78 is 16.2. The SMILES string of the molecule is COC(=O)OC1=C(C)NC(C)=CC1c1ccccc1OCc1ccccc1. The Hall–Kier alpha value is -3.21. The van der Waals surface area contributed by atoms with Crippen LogP contribution >= 0.6 is 0 Å². The average molecular weight is 365 g/mol. The number of nitrogens with one attached hydrogen (secondary N) is 1. The van der Waals surface area contributed by atoms with Crippen LogP contribution in [-0.2, 0) is 16.1 Å². The van der Waals surface area contributed by atoms with Crippen LogP contribution in [0.5, 0.6) is 5.75 Å². The van der Waals surface area contributed by atoms with Gasteiger partial charge in [-0.15, -0.1) is 0 Å².